The molecule has 11 heteroatoms. The molecule has 1 aromatic heterocycles. The first kappa shape index (κ1) is 32.7. The summed E-state index contributed by atoms with van der Waals surface area (Å²) < 4.78 is 23.4. The number of ether oxygens (including phenoxy) is 3. The quantitative estimate of drug-likeness (QED) is 0.303. The highest BCUT2D eigenvalue weighted by Gasteiger charge is 2.51. The Bertz CT molecular complexity index is 1390. The van der Waals surface area contributed by atoms with E-state index in [1.165, 1.54) is 30.6 Å². The van der Waals surface area contributed by atoms with Gasteiger partial charge in [-0.15, -0.1) is 0 Å². The molecule has 1 aliphatic heterocycles. The van der Waals surface area contributed by atoms with E-state index in [1.54, 1.807) is 18.2 Å². The molecule has 5 rings (SSSR count). The third-order valence-corrected chi connectivity index (χ3v) is 9.41. The number of amides is 2. The van der Waals surface area contributed by atoms with Gasteiger partial charge < -0.3 is 39.1 Å². The monoisotopic (exact) mass is 624 g/mol. The summed E-state index contributed by atoms with van der Waals surface area (Å²) in [6.45, 7) is 6.21. The van der Waals surface area contributed by atoms with E-state index in [-0.39, 0.29) is 43.9 Å². The number of carbonyl (C=O) groups is 3. The second-order valence-electron chi connectivity index (χ2n) is 12.7. The van der Waals surface area contributed by atoms with Crippen molar-refractivity contribution in [2.75, 3.05) is 26.9 Å². The number of methoxy groups -OCH3 is 1. The normalized spacial score (nSPS) is 27.2. The Morgan fingerprint density at radius 1 is 1.24 bits per heavy atom. The number of benzene rings is 1. The third-order valence-electron chi connectivity index (χ3n) is 9.41. The van der Waals surface area contributed by atoms with E-state index in [4.69, 9.17) is 18.6 Å². The van der Waals surface area contributed by atoms with Crippen molar-refractivity contribution in [1.29, 1.82) is 0 Å². The topological polar surface area (TPSA) is 148 Å². The van der Waals surface area contributed by atoms with Gasteiger partial charge in [-0.3, -0.25) is 14.4 Å². The first-order valence-electron chi connectivity index (χ1n) is 15.7. The molecule has 3 N–H and O–H groups in total. The van der Waals surface area contributed by atoms with E-state index < -0.39 is 30.1 Å². The average molecular weight is 625 g/mol. The molecule has 0 saturated heterocycles. The van der Waals surface area contributed by atoms with Crippen LogP contribution in [0.5, 0.6) is 11.5 Å². The molecule has 0 radical (unpaired) electrons. The van der Waals surface area contributed by atoms with Crippen LogP contribution in [-0.4, -0.2) is 84.4 Å². The van der Waals surface area contributed by atoms with Gasteiger partial charge in [0.15, 0.2) is 11.5 Å². The molecule has 45 heavy (non-hydrogen) atoms. The predicted molar refractivity (Wildman–Crippen MR) is 164 cm³/mol. The number of aliphatic hydroxyl groups is 2. The molecule has 11 nitrogen and oxygen atoms in total. The molecule has 1 aromatic carbocycles. The lowest BCUT2D eigenvalue weighted by Gasteiger charge is -2.41. The number of hydrogen-bond donors (Lipinski definition) is 3. The van der Waals surface area contributed by atoms with Crippen LogP contribution >= 0.6 is 0 Å². The molecule has 1 fully saturated rings. The summed E-state index contributed by atoms with van der Waals surface area (Å²) in [5, 5.41) is 24.0. The van der Waals surface area contributed by atoms with Gasteiger partial charge in [0.2, 0.25) is 11.8 Å². The Kier molecular flexibility index (Phi) is 10.3. The number of aliphatic hydroxyl groups excluding tert-OH is 2. The smallest absolute Gasteiger partial charge is 0.249 e. The maximum atomic E-state index is 14.1. The Balaban J connectivity index is 1.50. The van der Waals surface area contributed by atoms with Crippen LogP contribution in [0.3, 0.4) is 0 Å². The average Bonchev–Trinajstić information content (AvgIpc) is 3.69. The summed E-state index contributed by atoms with van der Waals surface area (Å²) in [5.74, 6) is 0.294. The van der Waals surface area contributed by atoms with Crippen LogP contribution in [0.2, 0.25) is 0 Å². The minimum atomic E-state index is -1.25. The van der Waals surface area contributed by atoms with Crippen LogP contribution in [0.25, 0.3) is 0 Å². The van der Waals surface area contributed by atoms with Gasteiger partial charge in [0.1, 0.15) is 25.1 Å². The van der Waals surface area contributed by atoms with Crippen LogP contribution in [0.4, 0.5) is 0 Å². The molecule has 2 heterocycles. The van der Waals surface area contributed by atoms with Crippen LogP contribution < -0.4 is 14.8 Å². The molecule has 244 valence electrons. The predicted octanol–water partition coefficient (Wildman–Crippen LogP) is 3.23. The largest absolute Gasteiger partial charge is 0.493 e. The van der Waals surface area contributed by atoms with E-state index in [2.05, 4.69) is 26.1 Å². The number of nitrogens with one attached hydrogen (secondary N) is 1. The zero-order chi connectivity index (χ0) is 32.2. The van der Waals surface area contributed by atoms with Gasteiger partial charge in [-0.2, -0.15) is 0 Å². The Hall–Kier alpha value is -3.67. The lowest BCUT2D eigenvalue weighted by Crippen LogP contribution is -2.56. The summed E-state index contributed by atoms with van der Waals surface area (Å²) in [5.41, 5.74) is 1.80. The van der Waals surface area contributed by atoms with Gasteiger partial charge in [0, 0.05) is 35.4 Å². The highest BCUT2D eigenvalue weighted by Crippen LogP contribution is 2.51. The molecule has 2 aromatic rings. The summed E-state index contributed by atoms with van der Waals surface area (Å²) in [6.07, 6.45) is 6.08. The fourth-order valence-corrected chi connectivity index (χ4v) is 7.07. The summed E-state index contributed by atoms with van der Waals surface area (Å²) >= 11 is 0. The van der Waals surface area contributed by atoms with Crippen molar-refractivity contribution in [3.63, 3.8) is 0 Å². The molecule has 3 aliphatic rings. The zero-order valence-electron chi connectivity index (χ0n) is 26.3. The van der Waals surface area contributed by atoms with Crippen molar-refractivity contribution in [1.82, 2.24) is 10.2 Å². The Morgan fingerprint density at radius 3 is 2.71 bits per heavy atom. The van der Waals surface area contributed by atoms with Crippen molar-refractivity contribution in [2.45, 2.75) is 76.9 Å². The lowest BCUT2D eigenvalue weighted by atomic mass is 9.75. The van der Waals surface area contributed by atoms with Gasteiger partial charge in [-0.25, -0.2) is 0 Å². The van der Waals surface area contributed by atoms with Crippen molar-refractivity contribution in [2.24, 2.45) is 17.8 Å². The summed E-state index contributed by atoms with van der Waals surface area (Å²) in [6, 6.07) is 3.92. The van der Waals surface area contributed by atoms with Crippen LogP contribution in [0, 0.1) is 17.8 Å². The Labute approximate surface area is 263 Å². The lowest BCUT2D eigenvalue weighted by molar-refractivity contribution is -0.148. The van der Waals surface area contributed by atoms with Gasteiger partial charge in [-0.05, 0) is 54.9 Å². The number of rotatable bonds is 12. The SMILES string of the molecule is COc1cc(C=O)cc2c1OC1C2C(C(=O)NCCO)=CC(N(Cc2ccoc2)C(=O)COC2CC(C)CCC2C(C)C)C1O. The summed E-state index contributed by atoms with van der Waals surface area (Å²) in [4.78, 5) is 40.9. The molecule has 7 unspecified atom stereocenters. The number of aldehydes is 1. The number of nitrogens with zero attached hydrogens (tertiary/aromatic N) is 1. The molecule has 1 saturated carbocycles. The molecule has 0 spiro atoms. The van der Waals surface area contributed by atoms with Crippen LogP contribution in [-0.2, 0) is 20.9 Å². The van der Waals surface area contributed by atoms with Gasteiger partial charge in [0.05, 0.1) is 44.3 Å². The van der Waals surface area contributed by atoms with Crippen LogP contribution in [0.15, 0.2) is 46.8 Å². The zero-order valence-corrected chi connectivity index (χ0v) is 26.3. The number of hydrogen-bond acceptors (Lipinski definition) is 9. The molecular weight excluding hydrogens is 580 g/mol. The van der Waals surface area contributed by atoms with Crippen molar-refractivity contribution < 1.29 is 43.2 Å². The second kappa shape index (κ2) is 14.2. The van der Waals surface area contributed by atoms with Gasteiger partial charge >= 0.3 is 0 Å². The minimum absolute atomic E-state index is 0.00846. The minimum Gasteiger partial charge on any atom is -0.493 e. The molecule has 2 aliphatic carbocycles. The maximum Gasteiger partial charge on any atom is 0.249 e. The van der Waals surface area contributed by atoms with Crippen LogP contribution in [0.1, 0.15) is 67.4 Å². The number of carbonyl (C=O) groups excluding carboxylic acids is 3. The van der Waals surface area contributed by atoms with E-state index in [1.807, 2.05) is 0 Å². The Morgan fingerprint density at radius 2 is 2.04 bits per heavy atom. The van der Waals surface area contributed by atoms with E-state index in [9.17, 15) is 24.6 Å². The first-order chi connectivity index (χ1) is 21.7. The highest BCUT2D eigenvalue weighted by molar-refractivity contribution is 5.96. The number of furan rings is 1. The molecule has 2 amide bonds. The van der Waals surface area contributed by atoms with Gasteiger partial charge in [-0.1, -0.05) is 27.2 Å². The fraction of sp³-hybridized carbons (Fsp3) is 0.559. The molecular formula is C34H44N2O9. The maximum absolute atomic E-state index is 14.1. The summed E-state index contributed by atoms with van der Waals surface area (Å²) in [7, 11) is 1.45. The second-order valence-corrected chi connectivity index (χ2v) is 12.7. The molecule has 0 bridgehead atoms. The fourth-order valence-electron chi connectivity index (χ4n) is 7.07. The van der Waals surface area contributed by atoms with E-state index in [0.29, 0.717) is 52.2 Å². The highest BCUT2D eigenvalue weighted by atomic mass is 16.5. The van der Waals surface area contributed by atoms with Crippen molar-refractivity contribution in [3.8, 4) is 11.5 Å². The third kappa shape index (κ3) is 6.80. The van der Waals surface area contributed by atoms with Gasteiger partial charge in [0.25, 0.3) is 0 Å². The van der Waals surface area contributed by atoms with Crippen molar-refractivity contribution >= 4 is 18.1 Å². The molecule has 7 atom stereocenters. The van der Waals surface area contributed by atoms with Crippen molar-refractivity contribution in [3.05, 3.63) is 59.1 Å². The van der Waals surface area contributed by atoms with E-state index >= 15 is 0 Å². The number of fused-ring (bicyclic) bond motifs is 3. The van der Waals surface area contributed by atoms with E-state index in [0.717, 1.165) is 19.3 Å². The first-order valence-corrected chi connectivity index (χ1v) is 15.7. The standard InChI is InChI=1S/C34H44N2O9/c1-19(2)23-6-5-20(3)11-27(23)44-18-29(39)36(15-21-7-10-43-17-21)26-14-25(34(41)35-8-9-37)30-24-12-22(16-38)13-28(42-4)32(24)45-33(30)31(26)40/h7,10,12-14,16-17,19-20,23,26-27,30-31,33,37,40H,5-6,8-9,11,15,18H2,1-4H3,(H,35,41).